The molecule has 0 aromatic heterocycles. The predicted octanol–water partition coefficient (Wildman–Crippen LogP) is 9.31. The van der Waals surface area contributed by atoms with Gasteiger partial charge in [-0.05, 0) is 12.8 Å². The van der Waals surface area contributed by atoms with Crippen LogP contribution in [-0.4, -0.2) is 74.9 Å². The van der Waals surface area contributed by atoms with Crippen molar-refractivity contribution in [2.24, 2.45) is 0 Å². The second kappa shape index (κ2) is 30.1. The highest BCUT2D eigenvalue weighted by Crippen LogP contribution is 2.43. The maximum atomic E-state index is 12.6. The summed E-state index contributed by atoms with van der Waals surface area (Å²) >= 11 is 0. The summed E-state index contributed by atoms with van der Waals surface area (Å²) in [7, 11) is 1.47. The molecule has 0 spiro atoms. The number of esters is 2. The second-order valence-corrected chi connectivity index (χ2v) is 15.1. The number of nitrogens with zero attached hydrogens (tertiary/aromatic N) is 1. The van der Waals surface area contributed by atoms with Gasteiger partial charge in [-0.15, -0.1) is 0 Å². The summed E-state index contributed by atoms with van der Waals surface area (Å²) in [6.07, 6.45) is 24.5. The molecule has 0 aliphatic carbocycles. The Bertz CT molecular complexity index is 774. The van der Waals surface area contributed by atoms with Gasteiger partial charge in [-0.1, -0.05) is 116 Å². The van der Waals surface area contributed by atoms with E-state index in [1.165, 1.54) is 83.5 Å². The van der Waals surface area contributed by atoms with Crippen molar-refractivity contribution in [2.75, 3.05) is 47.5 Å². The first kappa shape index (κ1) is 45.0. The Morgan fingerprint density at radius 1 is 0.609 bits per heavy atom. The lowest BCUT2D eigenvalue weighted by Crippen LogP contribution is -2.37. The first-order valence-corrected chi connectivity index (χ1v) is 19.8. The molecule has 0 rings (SSSR count). The first-order chi connectivity index (χ1) is 22.0. The summed E-state index contributed by atoms with van der Waals surface area (Å²) in [5, 5.41) is 0. The number of hydrogen-bond acceptors (Lipinski definition) is 7. The van der Waals surface area contributed by atoms with Gasteiger partial charge in [0.05, 0.1) is 27.7 Å². The molecular weight excluding hydrogens is 605 g/mol. The molecule has 0 aliphatic heterocycles. The minimum Gasteiger partial charge on any atom is -0.462 e. The highest BCUT2D eigenvalue weighted by molar-refractivity contribution is 7.47. The highest BCUT2D eigenvalue weighted by atomic mass is 31.2. The molecule has 0 fully saturated rings. The largest absolute Gasteiger partial charge is 0.472 e. The molecule has 0 aromatic carbocycles. The molecule has 0 aromatic rings. The molecule has 0 saturated carbocycles. The van der Waals surface area contributed by atoms with Crippen molar-refractivity contribution >= 4 is 19.8 Å². The SMILES string of the molecule is [CH2-]CCCCCCCCCCCCC(=O)OC[C@H](COP(=O)(O)OCC[N+](C)(C)C)OC(=O)CCCCCCCCCCCC[CH2-]. The van der Waals surface area contributed by atoms with Gasteiger partial charge in [-0.3, -0.25) is 18.6 Å². The number of likely N-dealkylation sites (N-methyl/N-ethyl adjacent to an activating group) is 1. The summed E-state index contributed by atoms with van der Waals surface area (Å²) in [6, 6.07) is 0. The number of phosphoric ester groups is 1. The topological polar surface area (TPSA) is 108 Å². The van der Waals surface area contributed by atoms with E-state index in [2.05, 4.69) is 13.8 Å². The summed E-state index contributed by atoms with van der Waals surface area (Å²) < 4.78 is 34.1. The Labute approximate surface area is 283 Å². The fourth-order valence-corrected chi connectivity index (χ4v) is 5.73. The van der Waals surface area contributed by atoms with Crippen molar-refractivity contribution in [3.05, 3.63) is 13.8 Å². The van der Waals surface area contributed by atoms with Crippen LogP contribution in [0.3, 0.4) is 0 Å². The predicted molar refractivity (Wildman–Crippen MR) is 187 cm³/mol. The molecule has 0 heterocycles. The van der Waals surface area contributed by atoms with Gasteiger partial charge >= 0.3 is 19.8 Å². The van der Waals surface area contributed by atoms with Gasteiger partial charge < -0.3 is 32.7 Å². The van der Waals surface area contributed by atoms with Gasteiger partial charge in [0.25, 0.3) is 0 Å². The maximum Gasteiger partial charge on any atom is 0.472 e. The van der Waals surface area contributed by atoms with E-state index >= 15 is 0 Å². The van der Waals surface area contributed by atoms with Crippen LogP contribution in [0.2, 0.25) is 0 Å². The Kier molecular flexibility index (Phi) is 29.4. The smallest absolute Gasteiger partial charge is 0.462 e. The van der Waals surface area contributed by atoms with Crippen molar-refractivity contribution in [3.63, 3.8) is 0 Å². The van der Waals surface area contributed by atoms with Crippen LogP contribution in [0.4, 0.5) is 0 Å². The zero-order valence-electron chi connectivity index (χ0n) is 30.0. The molecule has 0 saturated heterocycles. The van der Waals surface area contributed by atoms with Crippen LogP contribution < -0.4 is 0 Å². The Morgan fingerprint density at radius 2 is 1.00 bits per heavy atom. The number of phosphoric acid groups is 1. The molecule has 0 radical (unpaired) electrons. The van der Waals surface area contributed by atoms with Gasteiger partial charge in [0.1, 0.15) is 19.8 Å². The lowest BCUT2D eigenvalue weighted by atomic mass is 10.1. The van der Waals surface area contributed by atoms with E-state index in [0.717, 1.165) is 51.4 Å². The lowest BCUT2D eigenvalue weighted by Gasteiger charge is -2.24. The zero-order valence-corrected chi connectivity index (χ0v) is 30.9. The van der Waals surface area contributed by atoms with Gasteiger partial charge in [-0.25, -0.2) is 4.57 Å². The van der Waals surface area contributed by atoms with Crippen LogP contribution in [-0.2, 0) is 32.7 Å². The van der Waals surface area contributed by atoms with Crippen molar-refractivity contribution in [3.8, 4) is 0 Å². The third-order valence-corrected chi connectivity index (χ3v) is 8.91. The van der Waals surface area contributed by atoms with E-state index in [1.807, 2.05) is 21.1 Å². The minimum absolute atomic E-state index is 0.0319. The Balaban J connectivity index is 4.44. The average Bonchev–Trinajstić information content (AvgIpc) is 2.99. The van der Waals surface area contributed by atoms with E-state index in [9.17, 15) is 19.0 Å². The van der Waals surface area contributed by atoms with Gasteiger partial charge in [0, 0.05) is 12.8 Å². The maximum absolute atomic E-state index is 12.6. The van der Waals surface area contributed by atoms with E-state index in [0.29, 0.717) is 17.4 Å². The third kappa shape index (κ3) is 32.9. The number of carbonyl (C=O) groups excluding carboxylic acids is 2. The Hall–Kier alpha value is -0.990. The molecule has 10 heteroatoms. The molecule has 0 bridgehead atoms. The first-order valence-electron chi connectivity index (χ1n) is 18.3. The normalized spacial score (nSPS) is 13.8. The number of carbonyl (C=O) groups is 2. The summed E-state index contributed by atoms with van der Waals surface area (Å²) in [5.41, 5.74) is 0. The Morgan fingerprint density at radius 3 is 1.41 bits per heavy atom. The highest BCUT2D eigenvalue weighted by Gasteiger charge is 2.27. The van der Waals surface area contributed by atoms with Crippen LogP contribution in [0.25, 0.3) is 0 Å². The number of quaternary nitrogens is 1. The standard InChI is InChI=1S/C36H71NO8P/c1-6-8-10-12-14-16-18-20-22-24-26-28-35(38)42-32-34(33-44-46(40,41)43-31-30-37(3,4)5)45-36(39)29-27-25-23-21-19-17-15-13-11-9-7-2/h34H,1-2,6-33H2,3-5H3,(H,40,41)/q-1/t34-/m1/s1. The molecular formula is C36H71NO8P-. The summed E-state index contributed by atoms with van der Waals surface area (Å²) in [4.78, 5) is 35.0. The van der Waals surface area contributed by atoms with Crippen molar-refractivity contribution in [2.45, 2.75) is 160 Å². The molecule has 1 N–H and O–H groups in total. The average molecular weight is 677 g/mol. The molecule has 9 nitrogen and oxygen atoms in total. The van der Waals surface area contributed by atoms with Gasteiger partial charge in [0.15, 0.2) is 6.10 Å². The number of unbranched alkanes of at least 4 members (excludes halogenated alkanes) is 20. The molecule has 0 amide bonds. The minimum atomic E-state index is -4.36. The monoisotopic (exact) mass is 676 g/mol. The fourth-order valence-electron chi connectivity index (χ4n) is 4.98. The van der Waals surface area contributed by atoms with Crippen LogP contribution in [0.1, 0.15) is 154 Å². The number of rotatable bonds is 34. The van der Waals surface area contributed by atoms with Crippen molar-refractivity contribution < 1.29 is 42.1 Å². The van der Waals surface area contributed by atoms with Crippen molar-refractivity contribution in [1.82, 2.24) is 0 Å². The van der Waals surface area contributed by atoms with E-state index < -0.39 is 26.5 Å². The van der Waals surface area contributed by atoms with Crippen LogP contribution in [0, 0.1) is 13.8 Å². The number of ether oxygens (including phenoxy) is 2. The van der Waals surface area contributed by atoms with Gasteiger partial charge in [0.2, 0.25) is 0 Å². The number of hydrogen-bond donors (Lipinski definition) is 1. The summed E-state index contributed by atoms with van der Waals surface area (Å²) in [5.74, 6) is -0.809. The second-order valence-electron chi connectivity index (χ2n) is 13.7. The quantitative estimate of drug-likeness (QED) is 0.0236. The van der Waals surface area contributed by atoms with E-state index in [4.69, 9.17) is 18.5 Å². The van der Waals surface area contributed by atoms with Crippen LogP contribution in [0.15, 0.2) is 0 Å². The van der Waals surface area contributed by atoms with Crippen molar-refractivity contribution in [1.29, 1.82) is 0 Å². The third-order valence-electron chi connectivity index (χ3n) is 7.93. The molecule has 274 valence electrons. The van der Waals surface area contributed by atoms with Crippen LogP contribution >= 0.6 is 7.82 Å². The molecule has 46 heavy (non-hydrogen) atoms. The van der Waals surface area contributed by atoms with Gasteiger partial charge in [-0.2, -0.15) is 12.8 Å². The molecule has 0 aliphatic rings. The zero-order chi connectivity index (χ0) is 34.4. The summed E-state index contributed by atoms with van der Waals surface area (Å²) in [6.45, 7) is 7.68. The van der Waals surface area contributed by atoms with E-state index in [-0.39, 0.29) is 32.0 Å². The molecule has 1 unspecified atom stereocenters. The fraction of sp³-hybridized carbons (Fsp3) is 0.889. The molecule has 2 atom stereocenters. The van der Waals surface area contributed by atoms with Crippen LogP contribution in [0.5, 0.6) is 0 Å². The van der Waals surface area contributed by atoms with E-state index in [1.54, 1.807) is 0 Å². The lowest BCUT2D eigenvalue weighted by molar-refractivity contribution is -0.870.